The molecular weight excluding hydrogens is 224 g/mol. The summed E-state index contributed by atoms with van der Waals surface area (Å²) in [5, 5.41) is 10.1. The molecule has 1 aromatic rings. The van der Waals surface area contributed by atoms with Gasteiger partial charge in [0.15, 0.2) is 0 Å². The van der Waals surface area contributed by atoms with E-state index in [4.69, 9.17) is 4.74 Å². The minimum Gasteiger partial charge on any atom is -0.393 e. The summed E-state index contributed by atoms with van der Waals surface area (Å²) in [5.41, 5.74) is 1.20. The van der Waals surface area contributed by atoms with E-state index >= 15 is 0 Å². The zero-order valence-corrected chi connectivity index (χ0v) is 11.4. The quantitative estimate of drug-likeness (QED) is 0.831. The average Bonchev–Trinajstić information content (AvgIpc) is 2.50. The van der Waals surface area contributed by atoms with Crippen molar-refractivity contribution in [3.63, 3.8) is 0 Å². The van der Waals surface area contributed by atoms with Gasteiger partial charge in [0.2, 0.25) is 0 Å². The van der Waals surface area contributed by atoms with Crippen LogP contribution in [-0.2, 0) is 11.3 Å². The highest BCUT2D eigenvalue weighted by atomic mass is 16.5. The van der Waals surface area contributed by atoms with E-state index < -0.39 is 0 Å². The van der Waals surface area contributed by atoms with Crippen molar-refractivity contribution in [1.29, 1.82) is 0 Å². The lowest BCUT2D eigenvalue weighted by Crippen LogP contribution is -2.34. The summed E-state index contributed by atoms with van der Waals surface area (Å²) in [6, 6.07) is 10.3. The van der Waals surface area contributed by atoms with Gasteiger partial charge >= 0.3 is 0 Å². The molecule has 0 heterocycles. The molecule has 2 nitrogen and oxygen atoms in total. The average molecular weight is 248 g/mol. The van der Waals surface area contributed by atoms with E-state index in [0.717, 1.165) is 19.3 Å². The molecule has 0 bridgehead atoms. The van der Waals surface area contributed by atoms with Crippen LogP contribution < -0.4 is 0 Å². The summed E-state index contributed by atoms with van der Waals surface area (Å²) in [4.78, 5) is 0. The summed E-state index contributed by atoms with van der Waals surface area (Å²) < 4.78 is 6.08. The van der Waals surface area contributed by atoms with Gasteiger partial charge in [0.05, 0.1) is 18.8 Å². The second kappa shape index (κ2) is 6.35. The minimum atomic E-state index is -0.212. The Bertz CT molecular complexity index is 349. The first kappa shape index (κ1) is 13.6. The fraction of sp³-hybridized carbons (Fsp3) is 0.625. The zero-order valence-electron chi connectivity index (χ0n) is 11.4. The predicted octanol–water partition coefficient (Wildman–Crippen LogP) is 3.39. The Labute approximate surface area is 110 Å². The Balaban J connectivity index is 1.97. The largest absolute Gasteiger partial charge is 0.393 e. The molecule has 1 fully saturated rings. The van der Waals surface area contributed by atoms with Crippen LogP contribution in [0, 0.1) is 11.8 Å². The number of rotatable bonds is 3. The Hall–Kier alpha value is -0.860. The van der Waals surface area contributed by atoms with Gasteiger partial charge in [0, 0.05) is 5.92 Å². The number of aliphatic hydroxyl groups excluding tert-OH is 1. The fourth-order valence-electron chi connectivity index (χ4n) is 2.90. The normalized spacial score (nSPS) is 33.1. The molecule has 0 unspecified atom stereocenters. The van der Waals surface area contributed by atoms with Crippen LogP contribution in [0.1, 0.15) is 38.7 Å². The van der Waals surface area contributed by atoms with Gasteiger partial charge in [-0.05, 0) is 24.3 Å². The third-order valence-electron chi connectivity index (χ3n) is 4.13. The molecule has 1 N–H and O–H groups in total. The summed E-state index contributed by atoms with van der Waals surface area (Å²) in [5.74, 6) is 0.757. The molecule has 2 heteroatoms. The van der Waals surface area contributed by atoms with Gasteiger partial charge < -0.3 is 9.84 Å². The van der Waals surface area contributed by atoms with Crippen LogP contribution in [0.3, 0.4) is 0 Å². The van der Waals surface area contributed by atoms with E-state index in [9.17, 15) is 5.11 Å². The highest BCUT2D eigenvalue weighted by molar-refractivity contribution is 5.13. The van der Waals surface area contributed by atoms with Crippen LogP contribution in [0.2, 0.25) is 0 Å². The molecule has 1 aromatic carbocycles. The third-order valence-corrected chi connectivity index (χ3v) is 4.13. The maximum Gasteiger partial charge on any atom is 0.0720 e. The predicted molar refractivity (Wildman–Crippen MR) is 73.2 cm³/mol. The zero-order chi connectivity index (χ0) is 13.0. The molecule has 2 rings (SSSR count). The number of benzene rings is 1. The standard InChI is InChI=1S/C16H24O2/c1-12-7-6-10-15(17)13(2)16(12)18-11-14-8-4-3-5-9-14/h3-5,8-9,12-13,15-17H,6-7,10-11H2,1-2H3/t12-,13+,15-,16-/m1/s1. The molecule has 1 saturated carbocycles. The Kier molecular flexibility index (Phi) is 4.79. The topological polar surface area (TPSA) is 29.5 Å². The third kappa shape index (κ3) is 3.33. The van der Waals surface area contributed by atoms with Crippen molar-refractivity contribution >= 4 is 0 Å². The second-order valence-electron chi connectivity index (χ2n) is 5.60. The van der Waals surface area contributed by atoms with E-state index in [0.29, 0.717) is 12.5 Å². The van der Waals surface area contributed by atoms with Crippen molar-refractivity contribution in [2.75, 3.05) is 0 Å². The summed E-state index contributed by atoms with van der Waals surface area (Å²) in [6.07, 6.45) is 3.13. The Morgan fingerprint density at radius 3 is 2.61 bits per heavy atom. The first-order valence-electron chi connectivity index (χ1n) is 7.02. The Morgan fingerprint density at radius 1 is 1.17 bits per heavy atom. The summed E-state index contributed by atoms with van der Waals surface area (Å²) in [7, 11) is 0. The maximum absolute atomic E-state index is 10.1. The lowest BCUT2D eigenvalue weighted by molar-refractivity contribution is -0.0569. The highest BCUT2D eigenvalue weighted by Gasteiger charge is 2.32. The van der Waals surface area contributed by atoms with Gasteiger partial charge in [-0.15, -0.1) is 0 Å². The molecule has 0 spiro atoms. The SMILES string of the molecule is C[C@@H]1[C@H](OCc2ccccc2)[C@H](C)CCC[C@H]1O. The van der Waals surface area contributed by atoms with Crippen LogP contribution >= 0.6 is 0 Å². The number of ether oxygens (including phenoxy) is 1. The molecular formula is C16H24O2. The van der Waals surface area contributed by atoms with Crippen LogP contribution in [0.25, 0.3) is 0 Å². The van der Waals surface area contributed by atoms with Crippen molar-refractivity contribution < 1.29 is 9.84 Å². The van der Waals surface area contributed by atoms with E-state index in [-0.39, 0.29) is 18.1 Å². The first-order chi connectivity index (χ1) is 8.68. The molecule has 100 valence electrons. The summed E-state index contributed by atoms with van der Waals surface area (Å²) in [6.45, 7) is 5.00. The van der Waals surface area contributed by atoms with Gasteiger partial charge in [0.1, 0.15) is 0 Å². The lowest BCUT2D eigenvalue weighted by atomic mass is 9.90. The number of hydrogen-bond acceptors (Lipinski definition) is 2. The van der Waals surface area contributed by atoms with E-state index in [1.807, 2.05) is 18.2 Å². The Morgan fingerprint density at radius 2 is 1.89 bits per heavy atom. The molecule has 18 heavy (non-hydrogen) atoms. The number of aliphatic hydroxyl groups is 1. The van der Waals surface area contributed by atoms with Gasteiger partial charge in [-0.25, -0.2) is 0 Å². The highest BCUT2D eigenvalue weighted by Crippen LogP contribution is 2.30. The van der Waals surface area contributed by atoms with Crippen molar-refractivity contribution in [1.82, 2.24) is 0 Å². The smallest absolute Gasteiger partial charge is 0.0720 e. The van der Waals surface area contributed by atoms with Crippen molar-refractivity contribution in [2.24, 2.45) is 11.8 Å². The van der Waals surface area contributed by atoms with Crippen LogP contribution in [-0.4, -0.2) is 17.3 Å². The molecule has 1 aliphatic rings. The number of hydrogen-bond donors (Lipinski definition) is 1. The minimum absolute atomic E-state index is 0.169. The monoisotopic (exact) mass is 248 g/mol. The van der Waals surface area contributed by atoms with E-state index in [2.05, 4.69) is 26.0 Å². The lowest BCUT2D eigenvalue weighted by Gasteiger charge is -2.29. The first-order valence-corrected chi connectivity index (χ1v) is 7.02. The van der Waals surface area contributed by atoms with Gasteiger partial charge in [-0.3, -0.25) is 0 Å². The van der Waals surface area contributed by atoms with Crippen molar-refractivity contribution in [3.05, 3.63) is 35.9 Å². The fourth-order valence-corrected chi connectivity index (χ4v) is 2.90. The molecule has 1 aliphatic carbocycles. The van der Waals surface area contributed by atoms with Gasteiger partial charge in [0.25, 0.3) is 0 Å². The molecule has 0 aromatic heterocycles. The van der Waals surface area contributed by atoms with Crippen LogP contribution in [0.4, 0.5) is 0 Å². The van der Waals surface area contributed by atoms with E-state index in [1.165, 1.54) is 5.56 Å². The van der Waals surface area contributed by atoms with Crippen molar-refractivity contribution in [3.8, 4) is 0 Å². The molecule has 0 saturated heterocycles. The molecule has 4 atom stereocenters. The molecule has 0 radical (unpaired) electrons. The molecule has 0 aliphatic heterocycles. The molecule has 0 amide bonds. The second-order valence-corrected chi connectivity index (χ2v) is 5.60. The summed E-state index contributed by atoms with van der Waals surface area (Å²) >= 11 is 0. The van der Waals surface area contributed by atoms with Gasteiger partial charge in [-0.2, -0.15) is 0 Å². The maximum atomic E-state index is 10.1. The van der Waals surface area contributed by atoms with Crippen molar-refractivity contribution in [2.45, 2.75) is 51.9 Å². The van der Waals surface area contributed by atoms with Crippen LogP contribution in [0.15, 0.2) is 30.3 Å². The van der Waals surface area contributed by atoms with Crippen LogP contribution in [0.5, 0.6) is 0 Å². The van der Waals surface area contributed by atoms with Gasteiger partial charge in [-0.1, -0.05) is 50.6 Å². The van der Waals surface area contributed by atoms with E-state index in [1.54, 1.807) is 0 Å².